The lowest BCUT2D eigenvalue weighted by Crippen LogP contribution is -2.15. The van der Waals surface area contributed by atoms with Crippen LogP contribution in [0.4, 0.5) is 0 Å². The zero-order valence-corrected chi connectivity index (χ0v) is 21.9. The van der Waals surface area contributed by atoms with Crippen LogP contribution in [0.1, 0.15) is 95.9 Å². The van der Waals surface area contributed by atoms with Gasteiger partial charge in [0.1, 0.15) is 0 Å². The van der Waals surface area contributed by atoms with E-state index < -0.39 is 0 Å². The van der Waals surface area contributed by atoms with Gasteiger partial charge in [-0.1, -0.05) is 83.1 Å². The summed E-state index contributed by atoms with van der Waals surface area (Å²) in [5.74, 6) is 7.88. The highest BCUT2D eigenvalue weighted by atomic mass is 32.2. The molecule has 0 saturated heterocycles. The van der Waals surface area contributed by atoms with Gasteiger partial charge in [-0.2, -0.15) is 23.5 Å². The Morgan fingerprint density at radius 1 is 0.462 bits per heavy atom. The number of hydrogen-bond donors (Lipinski definition) is 0. The van der Waals surface area contributed by atoms with E-state index >= 15 is 0 Å². The molecule has 0 radical (unpaired) electrons. The molecule has 2 heteroatoms. The smallest absolute Gasteiger partial charge is 0.000958 e. The van der Waals surface area contributed by atoms with Gasteiger partial charge < -0.3 is 0 Å². The fourth-order valence-corrected chi connectivity index (χ4v) is 5.21. The minimum Gasteiger partial charge on any atom is -0.159 e. The van der Waals surface area contributed by atoms with E-state index in [1.54, 1.807) is 0 Å². The Morgan fingerprint density at radius 3 is 0.885 bits per heavy atom. The molecule has 26 heavy (non-hydrogen) atoms. The summed E-state index contributed by atoms with van der Waals surface area (Å²) >= 11 is 4.22. The average molecular weight is 405 g/mol. The first-order valence-corrected chi connectivity index (χ1v) is 13.2. The molecule has 0 fully saturated rings. The maximum absolute atomic E-state index is 2.36. The Morgan fingerprint density at radius 2 is 0.731 bits per heavy atom. The molecule has 0 N–H and O–H groups in total. The van der Waals surface area contributed by atoms with Gasteiger partial charge >= 0.3 is 0 Å². The summed E-state index contributed by atoms with van der Waals surface area (Å²) in [4.78, 5) is 0. The van der Waals surface area contributed by atoms with Crippen molar-refractivity contribution >= 4 is 23.5 Å². The van der Waals surface area contributed by atoms with E-state index in [1.165, 1.54) is 24.3 Å². The first-order chi connectivity index (χ1) is 11.9. The lowest BCUT2D eigenvalue weighted by Gasteiger charge is -2.23. The van der Waals surface area contributed by atoms with Gasteiger partial charge in [-0.15, -0.1) is 0 Å². The molecule has 0 heterocycles. The van der Waals surface area contributed by atoms with Crippen LogP contribution < -0.4 is 0 Å². The van der Waals surface area contributed by atoms with Crippen molar-refractivity contribution in [3.05, 3.63) is 0 Å². The third-order valence-corrected chi connectivity index (χ3v) is 7.30. The Labute approximate surface area is 176 Å². The Hall–Kier alpha value is 0.700. The van der Waals surface area contributed by atoms with Gasteiger partial charge in [0.05, 0.1) is 0 Å². The van der Waals surface area contributed by atoms with Gasteiger partial charge in [-0.25, -0.2) is 0 Å². The van der Waals surface area contributed by atoms with Crippen LogP contribution in [0.3, 0.4) is 0 Å². The first-order valence-electron chi connectivity index (χ1n) is 11.1. The van der Waals surface area contributed by atoms with Crippen LogP contribution in [0, 0.1) is 35.5 Å². The molecule has 0 rings (SSSR count). The topological polar surface area (TPSA) is 0 Å². The van der Waals surface area contributed by atoms with Crippen LogP contribution in [-0.4, -0.2) is 22.0 Å². The molecule has 0 bridgehead atoms. The second kappa shape index (κ2) is 16.6. The lowest BCUT2D eigenvalue weighted by atomic mass is 9.89. The van der Waals surface area contributed by atoms with Crippen molar-refractivity contribution < 1.29 is 0 Å². The minimum atomic E-state index is 0.786. The largest absolute Gasteiger partial charge is 0.159 e. The molecule has 0 aliphatic rings. The molecule has 0 aromatic heterocycles. The van der Waals surface area contributed by atoms with Crippen molar-refractivity contribution in [1.82, 2.24) is 0 Å². The maximum atomic E-state index is 2.36. The summed E-state index contributed by atoms with van der Waals surface area (Å²) in [7, 11) is 0. The van der Waals surface area contributed by atoms with Gasteiger partial charge in [0, 0.05) is 0 Å². The van der Waals surface area contributed by atoms with Crippen LogP contribution in [0.25, 0.3) is 0 Å². The minimum absolute atomic E-state index is 0.786. The van der Waals surface area contributed by atoms with E-state index in [0.29, 0.717) is 0 Å². The van der Waals surface area contributed by atoms with E-state index in [1.807, 2.05) is 0 Å². The monoisotopic (exact) mass is 404 g/mol. The molecule has 0 nitrogen and oxygen atoms in total. The molecule has 0 aliphatic carbocycles. The van der Waals surface area contributed by atoms with E-state index in [4.69, 9.17) is 0 Å². The summed E-state index contributed by atoms with van der Waals surface area (Å²) in [5.41, 5.74) is 0. The third kappa shape index (κ3) is 19.5. The van der Waals surface area contributed by atoms with Gasteiger partial charge in [0.15, 0.2) is 0 Å². The van der Waals surface area contributed by atoms with Gasteiger partial charge in [0.2, 0.25) is 0 Å². The third-order valence-electron chi connectivity index (χ3n) is 4.72. The predicted octanol–water partition coefficient (Wildman–Crippen LogP) is 8.89. The zero-order valence-electron chi connectivity index (χ0n) is 20.3. The molecule has 0 aromatic carbocycles. The molecular formula is C24H52S2. The fraction of sp³-hybridized carbons (Fsp3) is 1.00. The maximum Gasteiger partial charge on any atom is -0.000958 e. The summed E-state index contributed by atoms with van der Waals surface area (Å²) in [6, 6.07) is 0. The summed E-state index contributed by atoms with van der Waals surface area (Å²) in [6.07, 6.45) is 2.77. The second-order valence-electron chi connectivity index (χ2n) is 10.0. The highest BCUT2D eigenvalue weighted by Crippen LogP contribution is 2.27. The number of hydrogen-bond acceptors (Lipinski definition) is 2. The normalized spacial score (nSPS) is 14.5. The van der Waals surface area contributed by atoms with Crippen molar-refractivity contribution in [2.45, 2.75) is 106 Å². The zero-order chi connectivity index (χ0) is 20.9. The Balaban J connectivity index is 0. The van der Waals surface area contributed by atoms with Crippen molar-refractivity contribution in [2.24, 2.45) is 35.5 Å². The fourth-order valence-electron chi connectivity index (χ4n) is 2.91. The predicted molar refractivity (Wildman–Crippen MR) is 131 cm³/mol. The average Bonchev–Trinajstić information content (AvgIpc) is 2.46. The van der Waals surface area contributed by atoms with Crippen LogP contribution >= 0.6 is 23.5 Å². The first kappa shape index (κ1) is 28.9. The van der Waals surface area contributed by atoms with Crippen LogP contribution in [-0.2, 0) is 0 Å². The molecule has 0 spiro atoms. The quantitative estimate of drug-likeness (QED) is 0.318. The summed E-state index contributed by atoms with van der Waals surface area (Å²) < 4.78 is 0. The molecule has 0 amide bonds. The van der Waals surface area contributed by atoms with Crippen LogP contribution in [0.15, 0.2) is 0 Å². The Bertz CT molecular complexity index is 263. The van der Waals surface area contributed by atoms with E-state index in [2.05, 4.69) is 107 Å². The van der Waals surface area contributed by atoms with E-state index in [9.17, 15) is 0 Å². The summed E-state index contributed by atoms with van der Waals surface area (Å²) in [5, 5.41) is 1.57. The molecule has 2 unspecified atom stereocenters. The number of rotatable bonds is 12. The molecule has 160 valence electrons. The molecule has 2 atom stereocenters. The van der Waals surface area contributed by atoms with E-state index in [-0.39, 0.29) is 0 Å². The lowest BCUT2D eigenvalue weighted by molar-refractivity contribution is 0.350. The van der Waals surface area contributed by atoms with Crippen molar-refractivity contribution in [2.75, 3.05) is 11.5 Å². The molecule has 0 aliphatic heterocycles. The van der Waals surface area contributed by atoms with Crippen molar-refractivity contribution in [1.29, 1.82) is 0 Å². The van der Waals surface area contributed by atoms with Crippen LogP contribution in [0.5, 0.6) is 0 Å². The van der Waals surface area contributed by atoms with Gasteiger partial charge in [-0.3, -0.25) is 0 Å². The van der Waals surface area contributed by atoms with Crippen molar-refractivity contribution in [3.8, 4) is 0 Å². The second-order valence-corrected chi connectivity index (χ2v) is 13.3. The molecular weight excluding hydrogens is 352 g/mol. The highest BCUT2D eigenvalue weighted by Gasteiger charge is 2.16. The standard InChI is InChI=1S/2C12H26S/c2*1-9(2)7-12(10(3)4)8-13-11(5)6/h2*9-12H,7-8H2,1-6H3. The van der Waals surface area contributed by atoms with E-state index in [0.717, 1.165) is 46.0 Å². The Kier molecular flexibility index (Phi) is 18.5. The van der Waals surface area contributed by atoms with Crippen LogP contribution in [0.2, 0.25) is 0 Å². The van der Waals surface area contributed by atoms with Crippen molar-refractivity contribution in [3.63, 3.8) is 0 Å². The molecule has 0 aromatic rings. The SMILES string of the molecule is CC(C)CC(CSC(C)C)C(C)C.CC(C)CC(CSC(C)C)C(C)C. The highest BCUT2D eigenvalue weighted by molar-refractivity contribution is 8.00. The van der Waals surface area contributed by atoms with Gasteiger partial charge in [0.25, 0.3) is 0 Å². The van der Waals surface area contributed by atoms with Gasteiger partial charge in [-0.05, 0) is 70.4 Å². The summed E-state index contributed by atoms with van der Waals surface area (Å²) in [6.45, 7) is 27.9. The molecule has 0 saturated carbocycles. The number of thioether (sulfide) groups is 2.